The lowest BCUT2D eigenvalue weighted by molar-refractivity contribution is 0.0702. The summed E-state index contributed by atoms with van der Waals surface area (Å²) in [6.45, 7) is 4.27. The van der Waals surface area contributed by atoms with E-state index in [1.807, 2.05) is 6.07 Å². The maximum absolute atomic E-state index is 10.7. The Hall–Kier alpha value is -0.870. The first-order valence-corrected chi connectivity index (χ1v) is 6.38. The molecule has 1 fully saturated rings. The van der Waals surface area contributed by atoms with Crippen LogP contribution in [0.25, 0.3) is 0 Å². The van der Waals surface area contributed by atoms with Crippen LogP contribution in [0.4, 0.5) is 0 Å². The zero-order valence-electron chi connectivity index (χ0n) is 9.64. The van der Waals surface area contributed by atoms with Crippen LogP contribution in [-0.2, 0) is 6.54 Å². The van der Waals surface area contributed by atoms with Crippen LogP contribution >= 0.6 is 11.3 Å². The van der Waals surface area contributed by atoms with Gasteiger partial charge in [0, 0.05) is 18.0 Å². The van der Waals surface area contributed by atoms with Crippen molar-refractivity contribution < 1.29 is 9.90 Å². The lowest BCUT2D eigenvalue weighted by atomic mass is 10.3. The van der Waals surface area contributed by atoms with Crippen molar-refractivity contribution in [3.63, 3.8) is 0 Å². The number of hydrogen-bond donors (Lipinski definition) is 1. The first-order chi connectivity index (χ1) is 7.56. The summed E-state index contributed by atoms with van der Waals surface area (Å²) >= 11 is 1.38. The van der Waals surface area contributed by atoms with Gasteiger partial charge in [-0.1, -0.05) is 6.92 Å². The van der Waals surface area contributed by atoms with Crippen LogP contribution in [0.15, 0.2) is 12.1 Å². The van der Waals surface area contributed by atoms with Crippen molar-refractivity contribution in [2.45, 2.75) is 19.9 Å². The number of thiophene rings is 1. The predicted octanol–water partition coefficient (Wildman–Crippen LogP) is 2.53. The minimum absolute atomic E-state index is 0.434. The van der Waals surface area contributed by atoms with Gasteiger partial charge < -0.3 is 10.0 Å². The van der Waals surface area contributed by atoms with Crippen LogP contribution in [0, 0.1) is 11.8 Å². The van der Waals surface area contributed by atoms with E-state index in [2.05, 4.69) is 18.9 Å². The number of rotatable bonds is 5. The topological polar surface area (TPSA) is 40.5 Å². The standard InChI is InChI=1S/C12H17NO2S/c1-8-5-9(8)6-13(2)7-10-3-4-11(16-10)12(14)15/h3-4,8-9H,5-7H2,1-2H3,(H,14,15). The minimum atomic E-state index is -0.824. The van der Waals surface area contributed by atoms with Crippen molar-refractivity contribution >= 4 is 17.3 Å². The predicted molar refractivity (Wildman–Crippen MR) is 64.9 cm³/mol. The van der Waals surface area contributed by atoms with Crippen molar-refractivity contribution in [3.8, 4) is 0 Å². The lowest BCUT2D eigenvalue weighted by Gasteiger charge is -2.14. The van der Waals surface area contributed by atoms with E-state index in [0.717, 1.165) is 29.8 Å². The highest BCUT2D eigenvalue weighted by Gasteiger charge is 2.33. The van der Waals surface area contributed by atoms with E-state index < -0.39 is 5.97 Å². The molecule has 0 saturated heterocycles. The van der Waals surface area contributed by atoms with Crippen LogP contribution in [0.2, 0.25) is 0 Å². The zero-order chi connectivity index (χ0) is 11.7. The van der Waals surface area contributed by atoms with Gasteiger partial charge in [0.2, 0.25) is 0 Å². The molecule has 0 radical (unpaired) electrons. The molecule has 0 spiro atoms. The second-order valence-corrected chi connectivity index (χ2v) is 5.91. The molecule has 0 amide bonds. The fraction of sp³-hybridized carbons (Fsp3) is 0.583. The third kappa shape index (κ3) is 2.83. The van der Waals surface area contributed by atoms with Crippen molar-refractivity contribution in [1.82, 2.24) is 4.90 Å². The summed E-state index contributed by atoms with van der Waals surface area (Å²) in [5.74, 6) is 0.902. The lowest BCUT2D eigenvalue weighted by Crippen LogP contribution is -2.20. The van der Waals surface area contributed by atoms with Gasteiger partial charge in [-0.05, 0) is 37.4 Å². The third-order valence-corrected chi connectivity index (χ3v) is 4.18. The Morgan fingerprint density at radius 1 is 1.62 bits per heavy atom. The molecule has 1 aromatic rings. The number of nitrogens with zero attached hydrogens (tertiary/aromatic N) is 1. The average molecular weight is 239 g/mol. The van der Waals surface area contributed by atoms with E-state index in [1.54, 1.807) is 6.07 Å². The summed E-state index contributed by atoms with van der Waals surface area (Å²) < 4.78 is 0. The van der Waals surface area contributed by atoms with Crippen LogP contribution in [-0.4, -0.2) is 29.6 Å². The summed E-state index contributed by atoms with van der Waals surface area (Å²) in [6, 6.07) is 3.61. The Bertz CT molecular complexity index is 388. The molecule has 2 unspecified atom stereocenters. The Balaban J connectivity index is 1.85. The highest BCUT2D eigenvalue weighted by molar-refractivity contribution is 7.13. The smallest absolute Gasteiger partial charge is 0.345 e. The van der Waals surface area contributed by atoms with Crippen LogP contribution < -0.4 is 0 Å². The van der Waals surface area contributed by atoms with Crippen LogP contribution in [0.5, 0.6) is 0 Å². The van der Waals surface area contributed by atoms with E-state index in [-0.39, 0.29) is 0 Å². The molecule has 1 saturated carbocycles. The zero-order valence-corrected chi connectivity index (χ0v) is 10.5. The normalized spacial score (nSPS) is 23.7. The molecule has 0 aromatic carbocycles. The average Bonchev–Trinajstić information content (AvgIpc) is 2.72. The fourth-order valence-corrected chi connectivity index (χ4v) is 2.89. The van der Waals surface area contributed by atoms with E-state index in [0.29, 0.717) is 4.88 Å². The van der Waals surface area contributed by atoms with Gasteiger partial charge in [0.15, 0.2) is 0 Å². The fourth-order valence-electron chi connectivity index (χ4n) is 1.96. The van der Waals surface area contributed by atoms with Gasteiger partial charge in [0.25, 0.3) is 0 Å². The Morgan fingerprint density at radius 2 is 2.31 bits per heavy atom. The van der Waals surface area contributed by atoms with E-state index in [1.165, 1.54) is 17.8 Å². The number of hydrogen-bond acceptors (Lipinski definition) is 3. The second kappa shape index (κ2) is 4.55. The van der Waals surface area contributed by atoms with Crippen molar-refractivity contribution in [1.29, 1.82) is 0 Å². The minimum Gasteiger partial charge on any atom is -0.477 e. The molecule has 0 bridgehead atoms. The quantitative estimate of drug-likeness (QED) is 0.858. The van der Waals surface area contributed by atoms with Crippen LogP contribution in [0.3, 0.4) is 0 Å². The third-order valence-electron chi connectivity index (χ3n) is 3.12. The molecule has 3 nitrogen and oxygen atoms in total. The molecule has 4 heteroatoms. The Labute approximate surface area is 99.7 Å². The molecule has 0 aliphatic heterocycles. The monoisotopic (exact) mass is 239 g/mol. The molecule has 1 heterocycles. The number of carboxylic acids is 1. The van der Waals surface area contributed by atoms with Gasteiger partial charge in [0.1, 0.15) is 4.88 Å². The van der Waals surface area contributed by atoms with Gasteiger partial charge in [-0.3, -0.25) is 0 Å². The van der Waals surface area contributed by atoms with Crippen molar-refractivity contribution in [2.24, 2.45) is 11.8 Å². The highest BCUT2D eigenvalue weighted by atomic mass is 32.1. The van der Waals surface area contributed by atoms with Gasteiger partial charge in [-0.25, -0.2) is 4.79 Å². The number of aromatic carboxylic acids is 1. The molecular weight excluding hydrogens is 222 g/mol. The highest BCUT2D eigenvalue weighted by Crippen LogP contribution is 2.38. The van der Waals surface area contributed by atoms with Gasteiger partial charge in [0.05, 0.1) is 0 Å². The van der Waals surface area contributed by atoms with E-state index in [9.17, 15) is 4.79 Å². The molecule has 1 aliphatic rings. The number of carbonyl (C=O) groups is 1. The Kier molecular flexibility index (Phi) is 3.30. The maximum atomic E-state index is 10.7. The summed E-state index contributed by atoms with van der Waals surface area (Å²) in [5.41, 5.74) is 0. The Morgan fingerprint density at radius 3 is 2.81 bits per heavy atom. The number of carboxylic acid groups (broad SMARTS) is 1. The van der Waals surface area contributed by atoms with Gasteiger partial charge >= 0.3 is 5.97 Å². The molecule has 1 N–H and O–H groups in total. The first kappa shape index (κ1) is 11.6. The van der Waals surface area contributed by atoms with Crippen LogP contribution in [0.1, 0.15) is 27.9 Å². The summed E-state index contributed by atoms with van der Waals surface area (Å²) in [7, 11) is 2.10. The van der Waals surface area contributed by atoms with E-state index in [4.69, 9.17) is 5.11 Å². The molecule has 1 aromatic heterocycles. The molecule has 2 atom stereocenters. The molecular formula is C12H17NO2S. The van der Waals surface area contributed by atoms with Crippen molar-refractivity contribution in [2.75, 3.05) is 13.6 Å². The maximum Gasteiger partial charge on any atom is 0.345 e. The largest absolute Gasteiger partial charge is 0.477 e. The van der Waals surface area contributed by atoms with Crippen molar-refractivity contribution in [3.05, 3.63) is 21.9 Å². The van der Waals surface area contributed by atoms with E-state index >= 15 is 0 Å². The summed E-state index contributed by atoms with van der Waals surface area (Å²) in [4.78, 5) is 14.6. The molecule has 16 heavy (non-hydrogen) atoms. The first-order valence-electron chi connectivity index (χ1n) is 5.57. The summed E-state index contributed by atoms with van der Waals surface area (Å²) in [6.07, 6.45) is 1.34. The van der Waals surface area contributed by atoms with Gasteiger partial charge in [-0.15, -0.1) is 11.3 Å². The molecule has 2 rings (SSSR count). The molecule has 1 aliphatic carbocycles. The SMILES string of the molecule is CC1CC1CN(C)Cc1ccc(C(=O)O)s1. The summed E-state index contributed by atoms with van der Waals surface area (Å²) in [5, 5.41) is 8.82. The second-order valence-electron chi connectivity index (χ2n) is 4.74. The van der Waals surface area contributed by atoms with Gasteiger partial charge in [-0.2, -0.15) is 0 Å². The molecule has 88 valence electrons.